The van der Waals surface area contributed by atoms with Crippen molar-refractivity contribution in [3.63, 3.8) is 0 Å². The number of aromatic nitrogens is 1. The molecule has 0 bridgehead atoms. The van der Waals surface area contributed by atoms with E-state index < -0.39 is 5.97 Å². The minimum atomic E-state index is -0.961. The fourth-order valence-corrected chi connectivity index (χ4v) is 4.51. The average molecular weight is 422 g/mol. The van der Waals surface area contributed by atoms with Crippen molar-refractivity contribution in [1.82, 2.24) is 4.98 Å². The summed E-state index contributed by atoms with van der Waals surface area (Å²) in [6.45, 7) is 3.51. The van der Waals surface area contributed by atoms with E-state index in [9.17, 15) is 4.79 Å². The number of anilines is 2. The largest absolute Gasteiger partial charge is 0.497 e. The van der Waals surface area contributed by atoms with Gasteiger partial charge in [-0.25, -0.2) is 9.78 Å². The zero-order valence-electron chi connectivity index (χ0n) is 16.7. The molecule has 1 aliphatic heterocycles. The number of methoxy groups -OCH3 is 1. The number of nitrogens with zero attached hydrogens (tertiary/aromatic N) is 3. The SMILES string of the molecule is COc1ccc(N2CCN(c3nc(-c4ccccc4)c(C=CC(=O)O)s3)CC2)cc1. The standard InChI is InChI=1S/C23H23N3O3S/c1-29-19-9-7-18(8-10-19)25-13-15-26(16-14-25)23-24-22(17-5-3-2-4-6-17)20(30-23)11-12-21(27)28/h2-12H,13-16H2,1H3,(H,27,28). The number of hydrogen-bond donors (Lipinski definition) is 1. The summed E-state index contributed by atoms with van der Waals surface area (Å²) in [7, 11) is 1.67. The summed E-state index contributed by atoms with van der Waals surface area (Å²) in [6, 6.07) is 18.0. The van der Waals surface area contributed by atoms with Crippen molar-refractivity contribution in [3.8, 4) is 17.0 Å². The van der Waals surface area contributed by atoms with Crippen molar-refractivity contribution >= 4 is 34.2 Å². The Hall–Kier alpha value is -3.32. The van der Waals surface area contributed by atoms with Crippen molar-refractivity contribution in [2.24, 2.45) is 0 Å². The van der Waals surface area contributed by atoms with Gasteiger partial charge in [-0.1, -0.05) is 41.7 Å². The predicted octanol–water partition coefficient (Wildman–Crippen LogP) is 4.24. The Kier molecular flexibility index (Phi) is 5.99. The lowest BCUT2D eigenvalue weighted by Crippen LogP contribution is -2.46. The van der Waals surface area contributed by atoms with Crippen LogP contribution in [0.5, 0.6) is 5.75 Å². The molecule has 0 amide bonds. The summed E-state index contributed by atoms with van der Waals surface area (Å²) >= 11 is 1.53. The van der Waals surface area contributed by atoms with E-state index in [-0.39, 0.29) is 0 Å². The molecule has 0 aliphatic carbocycles. The number of benzene rings is 2. The van der Waals surface area contributed by atoms with Crippen molar-refractivity contribution in [2.45, 2.75) is 0 Å². The van der Waals surface area contributed by atoms with Gasteiger partial charge >= 0.3 is 5.97 Å². The number of piperazine rings is 1. The molecule has 154 valence electrons. The Balaban J connectivity index is 1.52. The highest BCUT2D eigenvalue weighted by molar-refractivity contribution is 7.17. The average Bonchev–Trinajstić information content (AvgIpc) is 3.23. The number of ether oxygens (including phenoxy) is 1. The first-order chi connectivity index (χ1) is 14.6. The van der Waals surface area contributed by atoms with Crippen molar-refractivity contribution in [3.05, 3.63) is 65.6 Å². The number of aliphatic carboxylic acids is 1. The summed E-state index contributed by atoms with van der Waals surface area (Å²) in [5.41, 5.74) is 3.00. The summed E-state index contributed by atoms with van der Waals surface area (Å²) in [6.07, 6.45) is 2.81. The van der Waals surface area contributed by atoms with E-state index in [2.05, 4.69) is 21.9 Å². The maximum absolute atomic E-state index is 11.0. The third-order valence-electron chi connectivity index (χ3n) is 5.05. The Labute approximate surface area is 179 Å². The zero-order valence-corrected chi connectivity index (χ0v) is 17.5. The van der Waals surface area contributed by atoms with Gasteiger partial charge < -0.3 is 19.6 Å². The number of carboxylic acid groups (broad SMARTS) is 1. The zero-order chi connectivity index (χ0) is 20.9. The highest BCUT2D eigenvalue weighted by Gasteiger charge is 2.22. The first kappa shape index (κ1) is 20.0. The van der Waals surface area contributed by atoms with Crippen LogP contribution in [0.2, 0.25) is 0 Å². The number of hydrogen-bond acceptors (Lipinski definition) is 6. The third kappa shape index (κ3) is 4.46. The van der Waals surface area contributed by atoms with Gasteiger partial charge in [-0.05, 0) is 30.3 Å². The molecule has 2 aromatic carbocycles. The molecule has 0 spiro atoms. The molecular weight excluding hydrogens is 398 g/mol. The highest BCUT2D eigenvalue weighted by atomic mass is 32.1. The summed E-state index contributed by atoms with van der Waals surface area (Å²) in [5, 5.41) is 9.96. The van der Waals surface area contributed by atoms with Crippen molar-refractivity contribution in [1.29, 1.82) is 0 Å². The van der Waals surface area contributed by atoms with Gasteiger partial charge in [0.25, 0.3) is 0 Å². The number of carbonyl (C=O) groups is 1. The second-order valence-electron chi connectivity index (χ2n) is 6.92. The van der Waals surface area contributed by atoms with Crippen LogP contribution in [0.25, 0.3) is 17.3 Å². The Morgan fingerprint density at radius 3 is 2.33 bits per heavy atom. The summed E-state index contributed by atoms with van der Waals surface area (Å²) in [5.74, 6) is -0.104. The Morgan fingerprint density at radius 1 is 1.03 bits per heavy atom. The minimum absolute atomic E-state index is 0.825. The molecule has 0 saturated carbocycles. The van der Waals surface area contributed by atoms with Crippen LogP contribution in [-0.2, 0) is 4.79 Å². The molecule has 0 radical (unpaired) electrons. The Bertz CT molecular complexity index is 1020. The molecule has 1 aliphatic rings. The monoisotopic (exact) mass is 421 g/mol. The second-order valence-corrected chi connectivity index (χ2v) is 7.93. The van der Waals surface area contributed by atoms with Gasteiger partial charge in [-0.3, -0.25) is 0 Å². The van der Waals surface area contributed by atoms with Gasteiger partial charge in [0, 0.05) is 43.5 Å². The molecule has 0 atom stereocenters. The molecule has 6 nitrogen and oxygen atoms in total. The number of carboxylic acids is 1. The van der Waals surface area contributed by atoms with Crippen LogP contribution >= 0.6 is 11.3 Å². The maximum Gasteiger partial charge on any atom is 0.328 e. The molecule has 0 unspecified atom stereocenters. The number of thiazole rings is 1. The summed E-state index contributed by atoms with van der Waals surface area (Å²) < 4.78 is 5.24. The van der Waals surface area contributed by atoms with Crippen LogP contribution in [0.3, 0.4) is 0 Å². The van der Waals surface area contributed by atoms with Crippen LogP contribution in [-0.4, -0.2) is 49.3 Å². The van der Waals surface area contributed by atoms with Gasteiger partial charge in [-0.2, -0.15) is 0 Å². The fraction of sp³-hybridized carbons (Fsp3) is 0.217. The molecule has 1 fully saturated rings. The fourth-order valence-electron chi connectivity index (χ4n) is 3.47. The molecule has 3 aromatic rings. The first-order valence-corrected chi connectivity index (χ1v) is 10.6. The minimum Gasteiger partial charge on any atom is -0.497 e. The van der Waals surface area contributed by atoms with E-state index in [0.717, 1.165) is 53.2 Å². The smallest absolute Gasteiger partial charge is 0.328 e. The van der Waals surface area contributed by atoms with Gasteiger partial charge in [-0.15, -0.1) is 0 Å². The quantitative estimate of drug-likeness (QED) is 0.601. The molecule has 4 rings (SSSR count). The lowest BCUT2D eigenvalue weighted by molar-refractivity contribution is -0.131. The highest BCUT2D eigenvalue weighted by Crippen LogP contribution is 2.35. The van der Waals surface area contributed by atoms with Crippen molar-refractivity contribution in [2.75, 3.05) is 43.1 Å². The topological polar surface area (TPSA) is 65.9 Å². The van der Waals surface area contributed by atoms with E-state index in [1.54, 1.807) is 13.2 Å². The molecular formula is C23H23N3O3S. The van der Waals surface area contributed by atoms with E-state index in [4.69, 9.17) is 14.8 Å². The molecule has 2 heterocycles. The maximum atomic E-state index is 11.0. The van der Waals surface area contributed by atoms with Crippen LogP contribution in [0.1, 0.15) is 4.88 Å². The van der Waals surface area contributed by atoms with Gasteiger partial charge in [0.2, 0.25) is 0 Å². The molecule has 30 heavy (non-hydrogen) atoms. The van der Waals surface area contributed by atoms with Gasteiger partial charge in [0.05, 0.1) is 17.7 Å². The van der Waals surface area contributed by atoms with E-state index >= 15 is 0 Å². The number of rotatable bonds is 6. The van der Waals surface area contributed by atoms with Crippen LogP contribution < -0.4 is 14.5 Å². The van der Waals surface area contributed by atoms with Gasteiger partial charge in [0.15, 0.2) is 5.13 Å². The normalized spacial score (nSPS) is 14.3. The van der Waals surface area contributed by atoms with Crippen LogP contribution in [0.4, 0.5) is 10.8 Å². The van der Waals surface area contributed by atoms with Crippen LogP contribution in [0.15, 0.2) is 60.7 Å². The summed E-state index contributed by atoms with van der Waals surface area (Å²) in [4.78, 5) is 21.4. The predicted molar refractivity (Wildman–Crippen MR) is 122 cm³/mol. The van der Waals surface area contributed by atoms with E-state index in [1.807, 2.05) is 42.5 Å². The van der Waals surface area contributed by atoms with E-state index in [0.29, 0.717) is 0 Å². The first-order valence-electron chi connectivity index (χ1n) is 9.75. The van der Waals surface area contributed by atoms with Crippen molar-refractivity contribution < 1.29 is 14.6 Å². The molecule has 7 heteroatoms. The lowest BCUT2D eigenvalue weighted by atomic mass is 10.1. The third-order valence-corrected chi connectivity index (χ3v) is 6.14. The Morgan fingerprint density at radius 2 is 1.70 bits per heavy atom. The molecule has 1 aromatic heterocycles. The van der Waals surface area contributed by atoms with E-state index in [1.165, 1.54) is 23.1 Å². The lowest BCUT2D eigenvalue weighted by Gasteiger charge is -2.36. The second kappa shape index (κ2) is 9.00. The molecule has 1 N–H and O–H groups in total. The van der Waals surface area contributed by atoms with Crippen LogP contribution in [0, 0.1) is 0 Å². The van der Waals surface area contributed by atoms with Gasteiger partial charge in [0.1, 0.15) is 5.75 Å². The molecule has 1 saturated heterocycles.